The van der Waals surface area contributed by atoms with Gasteiger partial charge < -0.3 is 4.98 Å². The van der Waals surface area contributed by atoms with E-state index < -0.39 is 0 Å². The summed E-state index contributed by atoms with van der Waals surface area (Å²) in [6.45, 7) is 0. The van der Waals surface area contributed by atoms with Crippen molar-refractivity contribution in [1.82, 2.24) is 4.98 Å². The first-order valence-electron chi connectivity index (χ1n) is 14.1. The fraction of sp³-hybridized carbons (Fsp3) is 0. The van der Waals surface area contributed by atoms with Gasteiger partial charge in [0.05, 0.1) is 5.69 Å². The lowest BCUT2D eigenvalue weighted by Crippen LogP contribution is -1.91. The first-order chi connectivity index (χ1) is 20.4. The minimum Gasteiger partial charge on any atom is -0.354 e. The predicted molar refractivity (Wildman–Crippen MR) is 175 cm³/mol. The Labute approximate surface area is 239 Å². The number of hydrogen-bond acceptors (Lipinski definition) is 0. The van der Waals surface area contributed by atoms with Gasteiger partial charge in [-0.3, -0.25) is 0 Å². The molecule has 192 valence electrons. The van der Waals surface area contributed by atoms with Gasteiger partial charge in [0.15, 0.2) is 0 Å². The highest BCUT2D eigenvalue weighted by molar-refractivity contribution is 6.24. The minimum atomic E-state index is 1.14. The topological polar surface area (TPSA) is 15.8 Å². The van der Waals surface area contributed by atoms with Crippen LogP contribution >= 0.6 is 0 Å². The van der Waals surface area contributed by atoms with Crippen molar-refractivity contribution < 1.29 is 0 Å². The standard InChI is InChI=1S/C40H27N/c1-5-15-27(16-6-1)37-31-23-13-14-24-32(31)38(28-17-7-2-8-18-28)34-26-36-35(25-33(34)37)39(29-19-9-3-10-20-29)40(41-36)30-21-11-4-12-22-30/h1-26,41H. The van der Waals surface area contributed by atoms with Crippen LogP contribution in [0.2, 0.25) is 0 Å². The van der Waals surface area contributed by atoms with Gasteiger partial charge >= 0.3 is 0 Å². The summed E-state index contributed by atoms with van der Waals surface area (Å²) in [4.78, 5) is 3.86. The highest BCUT2D eigenvalue weighted by Crippen LogP contribution is 2.47. The molecule has 1 nitrogen and oxygen atoms in total. The Morgan fingerprint density at radius 1 is 0.293 bits per heavy atom. The van der Waals surface area contributed by atoms with Gasteiger partial charge in [0.1, 0.15) is 0 Å². The SMILES string of the molecule is c1ccc(-c2[nH]c3cc4c(-c5ccccc5)c5ccccc5c(-c5ccccc5)c4cc3c2-c2ccccc2)cc1. The molecule has 0 aliphatic carbocycles. The largest absolute Gasteiger partial charge is 0.354 e. The Kier molecular flexibility index (Phi) is 5.53. The molecular weight excluding hydrogens is 494 g/mol. The number of hydrogen-bond donors (Lipinski definition) is 1. The fourth-order valence-electron chi connectivity index (χ4n) is 6.42. The molecule has 0 spiro atoms. The fourth-order valence-corrected chi connectivity index (χ4v) is 6.42. The maximum Gasteiger partial charge on any atom is 0.0544 e. The van der Waals surface area contributed by atoms with Crippen LogP contribution in [0.5, 0.6) is 0 Å². The summed E-state index contributed by atoms with van der Waals surface area (Å²) < 4.78 is 0. The van der Waals surface area contributed by atoms with E-state index in [1.807, 2.05) is 0 Å². The van der Waals surface area contributed by atoms with Crippen LogP contribution in [-0.2, 0) is 0 Å². The zero-order valence-electron chi connectivity index (χ0n) is 22.5. The van der Waals surface area contributed by atoms with E-state index in [0.717, 1.165) is 11.2 Å². The molecule has 0 atom stereocenters. The van der Waals surface area contributed by atoms with E-state index in [0.29, 0.717) is 0 Å². The second-order valence-electron chi connectivity index (χ2n) is 10.6. The Morgan fingerprint density at radius 3 is 1.17 bits per heavy atom. The highest BCUT2D eigenvalue weighted by Gasteiger charge is 2.21. The molecule has 0 bridgehead atoms. The van der Waals surface area contributed by atoms with E-state index in [2.05, 4.69) is 163 Å². The number of nitrogens with one attached hydrogen (secondary N) is 1. The van der Waals surface area contributed by atoms with Gasteiger partial charge in [0.2, 0.25) is 0 Å². The molecule has 8 rings (SSSR count). The maximum atomic E-state index is 3.86. The second-order valence-corrected chi connectivity index (χ2v) is 10.6. The van der Waals surface area contributed by atoms with Gasteiger partial charge in [0.25, 0.3) is 0 Å². The number of aromatic nitrogens is 1. The normalized spacial score (nSPS) is 11.4. The minimum absolute atomic E-state index is 1.14. The van der Waals surface area contributed by atoms with Crippen molar-refractivity contribution in [2.24, 2.45) is 0 Å². The first-order valence-corrected chi connectivity index (χ1v) is 14.1. The van der Waals surface area contributed by atoms with Gasteiger partial charge in [-0.05, 0) is 67.1 Å². The summed E-state index contributed by atoms with van der Waals surface area (Å²) in [7, 11) is 0. The molecule has 0 saturated carbocycles. The van der Waals surface area contributed by atoms with Crippen molar-refractivity contribution in [2.45, 2.75) is 0 Å². The summed E-state index contributed by atoms with van der Waals surface area (Å²) in [5, 5.41) is 6.28. The number of fused-ring (bicyclic) bond motifs is 3. The number of rotatable bonds is 4. The molecular formula is C40H27N. The smallest absolute Gasteiger partial charge is 0.0544 e. The molecule has 0 unspecified atom stereocenters. The number of aromatic amines is 1. The van der Waals surface area contributed by atoms with Crippen LogP contribution in [0.3, 0.4) is 0 Å². The van der Waals surface area contributed by atoms with Crippen LogP contribution in [0.15, 0.2) is 158 Å². The van der Waals surface area contributed by atoms with Crippen LogP contribution in [0.4, 0.5) is 0 Å². The molecule has 7 aromatic carbocycles. The van der Waals surface area contributed by atoms with Crippen LogP contribution < -0.4 is 0 Å². The summed E-state index contributed by atoms with van der Waals surface area (Å²) in [6, 6.07) is 56.8. The lowest BCUT2D eigenvalue weighted by atomic mass is 9.85. The Morgan fingerprint density at radius 2 is 0.683 bits per heavy atom. The molecule has 0 aliphatic rings. The maximum absolute atomic E-state index is 3.86. The van der Waals surface area contributed by atoms with Crippen molar-refractivity contribution in [2.75, 3.05) is 0 Å². The van der Waals surface area contributed by atoms with Crippen LogP contribution in [0.25, 0.3) is 77.1 Å². The van der Waals surface area contributed by atoms with Crippen molar-refractivity contribution in [1.29, 1.82) is 0 Å². The highest BCUT2D eigenvalue weighted by atomic mass is 14.7. The molecule has 41 heavy (non-hydrogen) atoms. The van der Waals surface area contributed by atoms with E-state index in [-0.39, 0.29) is 0 Å². The van der Waals surface area contributed by atoms with Crippen LogP contribution in [0.1, 0.15) is 0 Å². The molecule has 0 fully saturated rings. The summed E-state index contributed by atoms with van der Waals surface area (Å²) in [6.07, 6.45) is 0. The third kappa shape index (κ3) is 3.86. The summed E-state index contributed by atoms with van der Waals surface area (Å²) >= 11 is 0. The predicted octanol–water partition coefficient (Wildman–Crippen LogP) is 11.1. The molecule has 0 saturated heterocycles. The van der Waals surface area contributed by atoms with Crippen LogP contribution in [0, 0.1) is 0 Å². The average molecular weight is 522 g/mol. The molecule has 8 aromatic rings. The number of H-pyrrole nitrogens is 1. The average Bonchev–Trinajstić information content (AvgIpc) is 3.42. The molecule has 1 N–H and O–H groups in total. The number of benzene rings is 7. The third-order valence-corrected chi connectivity index (χ3v) is 8.19. The second kappa shape index (κ2) is 9.66. The van der Waals surface area contributed by atoms with E-state index in [1.165, 1.54) is 65.9 Å². The zero-order chi connectivity index (χ0) is 27.2. The summed E-state index contributed by atoms with van der Waals surface area (Å²) in [5.41, 5.74) is 10.9. The van der Waals surface area contributed by atoms with Gasteiger partial charge in [0, 0.05) is 16.5 Å². The Bertz CT molecular complexity index is 2160. The zero-order valence-corrected chi connectivity index (χ0v) is 22.5. The van der Waals surface area contributed by atoms with Crippen molar-refractivity contribution in [3.05, 3.63) is 158 Å². The van der Waals surface area contributed by atoms with Gasteiger partial charge in [-0.2, -0.15) is 0 Å². The van der Waals surface area contributed by atoms with E-state index in [9.17, 15) is 0 Å². The van der Waals surface area contributed by atoms with Gasteiger partial charge in [-0.15, -0.1) is 0 Å². The van der Waals surface area contributed by atoms with Crippen LogP contribution in [-0.4, -0.2) is 4.98 Å². The van der Waals surface area contributed by atoms with Gasteiger partial charge in [-0.1, -0.05) is 146 Å². The molecule has 1 heteroatoms. The van der Waals surface area contributed by atoms with Crippen molar-refractivity contribution in [3.8, 4) is 44.6 Å². The van der Waals surface area contributed by atoms with Gasteiger partial charge in [-0.25, -0.2) is 0 Å². The van der Waals surface area contributed by atoms with E-state index >= 15 is 0 Å². The quantitative estimate of drug-likeness (QED) is 0.222. The lowest BCUT2D eigenvalue weighted by molar-refractivity contribution is 1.45. The third-order valence-electron chi connectivity index (χ3n) is 8.19. The van der Waals surface area contributed by atoms with Crippen molar-refractivity contribution in [3.63, 3.8) is 0 Å². The Hall–Kier alpha value is -5.40. The molecule has 1 aromatic heterocycles. The molecule has 0 aliphatic heterocycles. The summed E-state index contributed by atoms with van der Waals surface area (Å²) in [5.74, 6) is 0. The molecule has 0 amide bonds. The first kappa shape index (κ1) is 23.5. The lowest BCUT2D eigenvalue weighted by Gasteiger charge is -2.18. The Balaban J connectivity index is 1.59. The molecule has 0 radical (unpaired) electrons. The monoisotopic (exact) mass is 521 g/mol. The molecule has 1 heterocycles. The van der Waals surface area contributed by atoms with E-state index in [4.69, 9.17) is 0 Å². The van der Waals surface area contributed by atoms with Crippen molar-refractivity contribution >= 4 is 32.4 Å². The van der Waals surface area contributed by atoms with E-state index in [1.54, 1.807) is 0 Å².